The Morgan fingerprint density at radius 1 is 1.09 bits per heavy atom. The van der Waals surface area contributed by atoms with Gasteiger partial charge in [-0.15, -0.1) is 24.0 Å². The minimum absolute atomic E-state index is 0. The van der Waals surface area contributed by atoms with E-state index < -0.39 is 6.61 Å². The number of aliphatic imine (C=N–C) groups is 1. The fourth-order valence-electron chi connectivity index (χ4n) is 3.33. The number of guanidine groups is 1. The van der Waals surface area contributed by atoms with E-state index in [-0.39, 0.29) is 36.3 Å². The van der Waals surface area contributed by atoms with Crippen molar-refractivity contribution in [3.05, 3.63) is 65.7 Å². The van der Waals surface area contributed by atoms with Gasteiger partial charge in [0.15, 0.2) is 17.5 Å². The zero-order chi connectivity index (χ0) is 22.1. The van der Waals surface area contributed by atoms with Crippen LogP contribution in [-0.4, -0.2) is 39.3 Å². The van der Waals surface area contributed by atoms with Crippen molar-refractivity contribution in [2.45, 2.75) is 26.6 Å². The molecule has 32 heavy (non-hydrogen) atoms. The van der Waals surface area contributed by atoms with E-state index in [2.05, 4.69) is 44.8 Å². The number of hydrogen-bond donors (Lipinski definition) is 2. The summed E-state index contributed by atoms with van der Waals surface area (Å²) >= 11 is 0. The third kappa shape index (κ3) is 7.25. The molecule has 1 aliphatic rings. The van der Waals surface area contributed by atoms with Gasteiger partial charge in [-0.25, -0.2) is 0 Å². The molecular formula is C23H29F2IN4O2. The summed E-state index contributed by atoms with van der Waals surface area (Å²) in [5, 5.41) is 6.40. The molecule has 2 aromatic carbocycles. The molecule has 2 aromatic rings. The highest BCUT2D eigenvalue weighted by Gasteiger charge is 2.16. The second-order valence-electron chi connectivity index (χ2n) is 6.88. The summed E-state index contributed by atoms with van der Waals surface area (Å²) in [6, 6.07) is 13.4. The van der Waals surface area contributed by atoms with Crippen molar-refractivity contribution in [3.8, 4) is 11.5 Å². The molecule has 174 valence electrons. The lowest BCUT2D eigenvalue weighted by Gasteiger charge is -2.19. The molecular weight excluding hydrogens is 529 g/mol. The maximum atomic E-state index is 12.9. The van der Waals surface area contributed by atoms with Gasteiger partial charge in [-0.3, -0.25) is 4.99 Å². The topological polar surface area (TPSA) is 58.1 Å². The maximum absolute atomic E-state index is 12.9. The standard InChI is InChI=1S/C23H28F2N4O2.HI/c1-3-30-20-11-7-9-18(21(20)31-22(24)25)16-28-23(26-2)27-15-17-8-6-10-19(14-17)29-12-4-5-13-29;/h4-11,14,22H,3,12-13,15-16H2,1-2H3,(H2,26,27,28);1H. The number of para-hydroxylation sites is 1. The summed E-state index contributed by atoms with van der Waals surface area (Å²) in [4.78, 5) is 6.51. The van der Waals surface area contributed by atoms with E-state index >= 15 is 0 Å². The summed E-state index contributed by atoms with van der Waals surface area (Å²) in [6.07, 6.45) is 4.31. The molecule has 3 rings (SSSR count). The molecule has 1 aliphatic heterocycles. The van der Waals surface area contributed by atoms with Crippen molar-refractivity contribution < 1.29 is 18.3 Å². The van der Waals surface area contributed by atoms with Crippen LogP contribution in [0.1, 0.15) is 18.1 Å². The molecule has 0 aromatic heterocycles. The van der Waals surface area contributed by atoms with Gasteiger partial charge < -0.3 is 25.0 Å². The van der Waals surface area contributed by atoms with Crippen LogP contribution in [0.2, 0.25) is 0 Å². The molecule has 0 spiro atoms. The number of ether oxygens (including phenoxy) is 2. The molecule has 1 heterocycles. The fourth-order valence-corrected chi connectivity index (χ4v) is 3.33. The van der Waals surface area contributed by atoms with E-state index in [1.54, 1.807) is 32.2 Å². The van der Waals surface area contributed by atoms with Gasteiger partial charge in [-0.2, -0.15) is 8.78 Å². The van der Waals surface area contributed by atoms with E-state index in [1.807, 2.05) is 12.1 Å². The Kier molecular flexibility index (Phi) is 10.5. The van der Waals surface area contributed by atoms with Gasteiger partial charge in [-0.1, -0.05) is 36.4 Å². The molecule has 0 saturated carbocycles. The van der Waals surface area contributed by atoms with Crippen molar-refractivity contribution in [1.29, 1.82) is 0 Å². The molecule has 6 nitrogen and oxygen atoms in total. The van der Waals surface area contributed by atoms with E-state index in [4.69, 9.17) is 9.47 Å². The average molecular weight is 558 g/mol. The van der Waals surface area contributed by atoms with E-state index in [1.165, 1.54) is 5.69 Å². The second-order valence-corrected chi connectivity index (χ2v) is 6.88. The molecule has 0 bridgehead atoms. The van der Waals surface area contributed by atoms with Crippen molar-refractivity contribution in [2.75, 3.05) is 31.6 Å². The van der Waals surface area contributed by atoms with Gasteiger partial charge in [0, 0.05) is 44.5 Å². The number of anilines is 1. The molecule has 0 atom stereocenters. The van der Waals surface area contributed by atoms with Gasteiger partial charge in [0.25, 0.3) is 0 Å². The quantitative estimate of drug-likeness (QED) is 0.205. The summed E-state index contributed by atoms with van der Waals surface area (Å²) in [6.45, 7) is 1.88. The van der Waals surface area contributed by atoms with Crippen molar-refractivity contribution in [2.24, 2.45) is 4.99 Å². The van der Waals surface area contributed by atoms with Crippen LogP contribution in [-0.2, 0) is 13.1 Å². The van der Waals surface area contributed by atoms with Crippen molar-refractivity contribution in [3.63, 3.8) is 0 Å². The van der Waals surface area contributed by atoms with Crippen LogP contribution in [0.4, 0.5) is 14.5 Å². The van der Waals surface area contributed by atoms with Crippen LogP contribution < -0.4 is 25.0 Å². The number of hydrogen-bond acceptors (Lipinski definition) is 4. The Hall–Kier alpha value is -2.56. The van der Waals surface area contributed by atoms with Crippen LogP contribution in [0, 0.1) is 0 Å². The lowest BCUT2D eigenvalue weighted by Crippen LogP contribution is -2.36. The zero-order valence-electron chi connectivity index (χ0n) is 18.2. The summed E-state index contributed by atoms with van der Waals surface area (Å²) in [7, 11) is 1.66. The van der Waals surface area contributed by atoms with Crippen LogP contribution in [0.3, 0.4) is 0 Å². The highest BCUT2D eigenvalue weighted by Crippen LogP contribution is 2.32. The average Bonchev–Trinajstić information content (AvgIpc) is 3.31. The first-order valence-corrected chi connectivity index (χ1v) is 10.2. The predicted molar refractivity (Wildman–Crippen MR) is 134 cm³/mol. The lowest BCUT2D eigenvalue weighted by molar-refractivity contribution is -0.0520. The number of halogens is 3. The monoisotopic (exact) mass is 558 g/mol. The molecule has 2 N–H and O–H groups in total. The molecule has 0 amide bonds. The number of nitrogens with one attached hydrogen (secondary N) is 2. The van der Waals surface area contributed by atoms with Crippen molar-refractivity contribution in [1.82, 2.24) is 10.6 Å². The highest BCUT2D eigenvalue weighted by molar-refractivity contribution is 14.0. The zero-order valence-corrected chi connectivity index (χ0v) is 20.5. The third-order valence-corrected chi connectivity index (χ3v) is 4.79. The smallest absolute Gasteiger partial charge is 0.387 e. The normalized spacial score (nSPS) is 13.2. The first-order valence-electron chi connectivity index (χ1n) is 10.2. The first-order chi connectivity index (χ1) is 15.1. The Labute approximate surface area is 204 Å². The second kappa shape index (κ2) is 13.1. The predicted octanol–water partition coefficient (Wildman–Crippen LogP) is 4.55. The number of alkyl halides is 2. The third-order valence-electron chi connectivity index (χ3n) is 4.79. The van der Waals surface area contributed by atoms with E-state index in [9.17, 15) is 8.78 Å². The summed E-state index contributed by atoms with van der Waals surface area (Å²) < 4.78 is 35.9. The molecule has 0 radical (unpaired) electrons. The molecule has 9 heteroatoms. The molecule has 0 unspecified atom stereocenters. The summed E-state index contributed by atoms with van der Waals surface area (Å²) in [5.74, 6) is 0.880. The maximum Gasteiger partial charge on any atom is 0.387 e. The summed E-state index contributed by atoms with van der Waals surface area (Å²) in [5.41, 5.74) is 2.85. The minimum Gasteiger partial charge on any atom is -0.490 e. The van der Waals surface area contributed by atoms with E-state index in [0.29, 0.717) is 30.4 Å². The van der Waals surface area contributed by atoms with Crippen LogP contribution >= 0.6 is 24.0 Å². The van der Waals surface area contributed by atoms with Gasteiger partial charge in [-0.05, 0) is 30.7 Å². The Bertz CT molecular complexity index is 917. The van der Waals surface area contributed by atoms with Crippen molar-refractivity contribution >= 4 is 35.6 Å². The largest absolute Gasteiger partial charge is 0.490 e. The number of nitrogens with zero attached hydrogens (tertiary/aromatic N) is 2. The number of benzene rings is 2. The Morgan fingerprint density at radius 3 is 2.50 bits per heavy atom. The van der Waals surface area contributed by atoms with Gasteiger partial charge in [0.2, 0.25) is 0 Å². The van der Waals surface area contributed by atoms with Crippen LogP contribution in [0.25, 0.3) is 0 Å². The Morgan fingerprint density at radius 2 is 1.81 bits per heavy atom. The lowest BCUT2D eigenvalue weighted by atomic mass is 10.2. The fraction of sp³-hybridized carbons (Fsp3) is 0.348. The van der Waals surface area contributed by atoms with Gasteiger partial charge in [0.1, 0.15) is 0 Å². The van der Waals surface area contributed by atoms with Crippen LogP contribution in [0.15, 0.2) is 59.6 Å². The molecule has 0 saturated heterocycles. The SMILES string of the molecule is CCOc1cccc(CNC(=NC)NCc2cccc(N3CC=CC3)c2)c1OC(F)F.I. The van der Waals surface area contributed by atoms with Crippen LogP contribution in [0.5, 0.6) is 11.5 Å². The highest BCUT2D eigenvalue weighted by atomic mass is 127. The number of rotatable bonds is 9. The van der Waals surface area contributed by atoms with Gasteiger partial charge in [0.05, 0.1) is 6.61 Å². The molecule has 0 aliphatic carbocycles. The first kappa shape index (κ1) is 25.7. The van der Waals surface area contributed by atoms with E-state index in [0.717, 1.165) is 18.7 Å². The minimum atomic E-state index is -2.93. The molecule has 0 fully saturated rings. The van der Waals surface area contributed by atoms with Gasteiger partial charge >= 0.3 is 6.61 Å². The Balaban J connectivity index is 0.00000363.